The first-order valence-electron chi connectivity index (χ1n) is 7.13. The first kappa shape index (κ1) is 14.0. The first-order valence-corrected chi connectivity index (χ1v) is 7.13. The van der Waals surface area contributed by atoms with E-state index in [0.29, 0.717) is 18.7 Å². The van der Waals surface area contributed by atoms with Crippen LogP contribution in [0.15, 0.2) is 36.4 Å². The molecule has 0 amide bonds. The van der Waals surface area contributed by atoms with E-state index in [1.165, 1.54) is 6.07 Å². The average molecular weight is 289 g/mol. The summed E-state index contributed by atoms with van der Waals surface area (Å²) < 4.78 is 33.1. The van der Waals surface area contributed by atoms with Crippen molar-refractivity contribution in [2.45, 2.75) is 19.4 Å². The van der Waals surface area contributed by atoms with Crippen LogP contribution in [0.5, 0.6) is 5.75 Å². The average Bonchev–Trinajstić information content (AvgIpc) is 2.95. The third-order valence-corrected chi connectivity index (χ3v) is 3.75. The fraction of sp³-hybridized carbons (Fsp3) is 0.294. The lowest BCUT2D eigenvalue weighted by atomic mass is 9.96. The van der Waals surface area contributed by atoms with Crippen LogP contribution >= 0.6 is 0 Å². The van der Waals surface area contributed by atoms with Crippen molar-refractivity contribution in [2.75, 3.05) is 13.2 Å². The van der Waals surface area contributed by atoms with Crippen molar-refractivity contribution < 1.29 is 13.5 Å². The summed E-state index contributed by atoms with van der Waals surface area (Å²) in [6.07, 6.45) is 0.855. The standard InChI is InChI=1S/C17H17F2NO/c1-2-20-17(13-4-3-5-14(18)16(13)19)12-6-7-15-11(10-12)8-9-21-15/h3-7,10,17,20H,2,8-9H2,1H3. The maximum atomic E-state index is 14.1. The van der Waals surface area contributed by atoms with Crippen LogP contribution in [-0.2, 0) is 6.42 Å². The van der Waals surface area contributed by atoms with E-state index in [0.717, 1.165) is 29.4 Å². The van der Waals surface area contributed by atoms with E-state index in [9.17, 15) is 8.78 Å². The number of benzene rings is 2. The Kier molecular flexibility index (Phi) is 3.88. The zero-order valence-corrected chi connectivity index (χ0v) is 11.8. The summed E-state index contributed by atoms with van der Waals surface area (Å²) in [5.74, 6) is -0.728. The van der Waals surface area contributed by atoms with Crippen molar-refractivity contribution in [1.29, 1.82) is 0 Å². The van der Waals surface area contributed by atoms with Crippen LogP contribution in [0.2, 0.25) is 0 Å². The molecule has 1 aliphatic rings. The lowest BCUT2D eigenvalue weighted by Gasteiger charge is -2.20. The molecular formula is C17H17F2NO. The Labute approximate surface area is 122 Å². The second-order valence-corrected chi connectivity index (χ2v) is 5.10. The van der Waals surface area contributed by atoms with Crippen LogP contribution in [0.4, 0.5) is 8.78 Å². The van der Waals surface area contributed by atoms with Gasteiger partial charge >= 0.3 is 0 Å². The van der Waals surface area contributed by atoms with Crippen molar-refractivity contribution >= 4 is 0 Å². The lowest BCUT2D eigenvalue weighted by molar-refractivity contribution is 0.357. The first-order chi connectivity index (χ1) is 10.2. The molecule has 1 atom stereocenters. The molecule has 0 aromatic heterocycles. The van der Waals surface area contributed by atoms with E-state index in [4.69, 9.17) is 4.74 Å². The Hall–Kier alpha value is -1.94. The number of rotatable bonds is 4. The third-order valence-electron chi connectivity index (χ3n) is 3.75. The fourth-order valence-corrected chi connectivity index (χ4v) is 2.74. The van der Waals surface area contributed by atoms with Gasteiger partial charge in [-0.1, -0.05) is 31.2 Å². The third kappa shape index (κ3) is 2.63. The van der Waals surface area contributed by atoms with Gasteiger partial charge in [-0.15, -0.1) is 0 Å². The predicted octanol–water partition coefficient (Wildman–Crippen LogP) is 3.60. The maximum absolute atomic E-state index is 14.1. The molecule has 2 nitrogen and oxygen atoms in total. The maximum Gasteiger partial charge on any atom is 0.163 e. The number of ether oxygens (including phenoxy) is 1. The molecule has 0 fully saturated rings. The second kappa shape index (κ2) is 5.82. The molecule has 0 saturated carbocycles. The van der Waals surface area contributed by atoms with Gasteiger partial charge in [-0.25, -0.2) is 8.78 Å². The van der Waals surface area contributed by atoms with Gasteiger partial charge in [0.25, 0.3) is 0 Å². The highest BCUT2D eigenvalue weighted by Crippen LogP contribution is 2.31. The molecule has 0 spiro atoms. The van der Waals surface area contributed by atoms with Crippen LogP contribution in [0.3, 0.4) is 0 Å². The molecule has 110 valence electrons. The normalized spacial score (nSPS) is 14.6. The predicted molar refractivity (Wildman–Crippen MR) is 77.5 cm³/mol. The summed E-state index contributed by atoms with van der Waals surface area (Å²) in [4.78, 5) is 0. The van der Waals surface area contributed by atoms with Gasteiger partial charge in [-0.3, -0.25) is 0 Å². The van der Waals surface area contributed by atoms with E-state index in [1.807, 2.05) is 25.1 Å². The number of nitrogens with one attached hydrogen (secondary N) is 1. The zero-order chi connectivity index (χ0) is 14.8. The monoisotopic (exact) mass is 289 g/mol. The van der Waals surface area contributed by atoms with Crippen LogP contribution in [0, 0.1) is 11.6 Å². The summed E-state index contributed by atoms with van der Waals surface area (Å²) in [6, 6.07) is 9.75. The zero-order valence-electron chi connectivity index (χ0n) is 11.8. The molecule has 0 radical (unpaired) electrons. The molecule has 1 unspecified atom stereocenters. The minimum Gasteiger partial charge on any atom is -0.493 e. The lowest BCUT2D eigenvalue weighted by Crippen LogP contribution is -2.23. The van der Waals surface area contributed by atoms with E-state index in [2.05, 4.69) is 5.32 Å². The van der Waals surface area contributed by atoms with Gasteiger partial charge in [-0.05, 0) is 29.8 Å². The molecule has 0 saturated heterocycles. The van der Waals surface area contributed by atoms with E-state index in [-0.39, 0.29) is 6.04 Å². The van der Waals surface area contributed by atoms with Crippen molar-refractivity contribution in [3.63, 3.8) is 0 Å². The molecule has 4 heteroatoms. The summed E-state index contributed by atoms with van der Waals surface area (Å²) in [5, 5.41) is 3.23. The molecule has 2 aromatic rings. The smallest absolute Gasteiger partial charge is 0.163 e. The van der Waals surface area contributed by atoms with Crippen molar-refractivity contribution in [3.8, 4) is 5.75 Å². The van der Waals surface area contributed by atoms with Crippen LogP contribution in [0.1, 0.15) is 29.7 Å². The highest BCUT2D eigenvalue weighted by atomic mass is 19.2. The van der Waals surface area contributed by atoms with Crippen molar-refractivity contribution in [2.24, 2.45) is 0 Å². The molecule has 0 aliphatic carbocycles. The van der Waals surface area contributed by atoms with Gasteiger partial charge < -0.3 is 10.1 Å². The molecular weight excluding hydrogens is 272 g/mol. The largest absolute Gasteiger partial charge is 0.493 e. The number of hydrogen-bond acceptors (Lipinski definition) is 2. The molecule has 1 heterocycles. The summed E-state index contributed by atoms with van der Waals surface area (Å²) in [7, 11) is 0. The summed E-state index contributed by atoms with van der Waals surface area (Å²) in [6.45, 7) is 3.29. The minimum absolute atomic E-state index is 0.329. The van der Waals surface area contributed by atoms with Crippen LogP contribution < -0.4 is 10.1 Å². The SMILES string of the molecule is CCNC(c1ccc2c(c1)CCO2)c1cccc(F)c1F. The molecule has 1 aliphatic heterocycles. The molecule has 21 heavy (non-hydrogen) atoms. The molecule has 3 rings (SSSR count). The van der Waals surface area contributed by atoms with Gasteiger partial charge in [0, 0.05) is 12.0 Å². The van der Waals surface area contributed by atoms with Gasteiger partial charge in [0.2, 0.25) is 0 Å². The van der Waals surface area contributed by atoms with Gasteiger partial charge in [0.1, 0.15) is 5.75 Å². The van der Waals surface area contributed by atoms with E-state index >= 15 is 0 Å². The Balaban J connectivity index is 2.03. The van der Waals surface area contributed by atoms with Crippen LogP contribution in [-0.4, -0.2) is 13.2 Å². The Morgan fingerprint density at radius 3 is 2.90 bits per heavy atom. The Bertz CT molecular complexity index is 657. The molecule has 0 bridgehead atoms. The minimum atomic E-state index is -0.820. The van der Waals surface area contributed by atoms with Crippen molar-refractivity contribution in [3.05, 3.63) is 64.7 Å². The van der Waals surface area contributed by atoms with E-state index < -0.39 is 11.6 Å². The summed E-state index contributed by atoms with van der Waals surface area (Å²) in [5.41, 5.74) is 2.37. The topological polar surface area (TPSA) is 21.3 Å². The highest BCUT2D eigenvalue weighted by molar-refractivity contribution is 5.43. The van der Waals surface area contributed by atoms with Gasteiger partial charge in [-0.2, -0.15) is 0 Å². The fourth-order valence-electron chi connectivity index (χ4n) is 2.74. The van der Waals surface area contributed by atoms with Crippen molar-refractivity contribution in [1.82, 2.24) is 5.32 Å². The quantitative estimate of drug-likeness (QED) is 0.928. The van der Waals surface area contributed by atoms with Gasteiger partial charge in [0.05, 0.1) is 12.6 Å². The summed E-state index contributed by atoms with van der Waals surface area (Å²) >= 11 is 0. The number of hydrogen-bond donors (Lipinski definition) is 1. The Morgan fingerprint density at radius 1 is 1.24 bits per heavy atom. The molecule has 1 N–H and O–H groups in total. The highest BCUT2D eigenvalue weighted by Gasteiger charge is 2.21. The number of fused-ring (bicyclic) bond motifs is 1. The van der Waals surface area contributed by atoms with Gasteiger partial charge in [0.15, 0.2) is 11.6 Å². The van der Waals surface area contributed by atoms with E-state index in [1.54, 1.807) is 6.07 Å². The van der Waals surface area contributed by atoms with Crippen LogP contribution in [0.25, 0.3) is 0 Å². The molecule has 2 aromatic carbocycles. The Morgan fingerprint density at radius 2 is 2.10 bits per heavy atom. The number of halogens is 2. The second-order valence-electron chi connectivity index (χ2n) is 5.10.